The molecule has 2 aliphatic rings. The first kappa shape index (κ1) is 28.3. The number of nitrogens with zero attached hydrogens (tertiary/aromatic N) is 3. The molecule has 0 N–H and O–H groups in total. The highest BCUT2D eigenvalue weighted by Crippen LogP contribution is 2.38. The van der Waals surface area contributed by atoms with Crippen LogP contribution in [0.25, 0.3) is 22.7 Å². The van der Waals surface area contributed by atoms with Crippen LogP contribution in [0.2, 0.25) is 18.1 Å². The van der Waals surface area contributed by atoms with Crippen molar-refractivity contribution in [1.82, 2.24) is 4.90 Å². The standard InChI is InChI=1S/C35H33N3O4Si/c1-35(2,3)43(4,5)42-27-15-12-25(13-16-27)30-22-38-33(28(36-30)20-23-9-7-6-8-10-23)37-29(34(38)40)21-24-11-17-31-26(19-24)14-18-32(39)41-31/h6-19,21-22H,20H2,1-5H3/b29-21+. The van der Waals surface area contributed by atoms with Gasteiger partial charge in [-0.1, -0.05) is 57.2 Å². The zero-order valence-corrected chi connectivity index (χ0v) is 25.9. The van der Waals surface area contributed by atoms with Gasteiger partial charge in [0.2, 0.25) is 8.32 Å². The second kappa shape index (κ2) is 10.8. The molecule has 216 valence electrons. The lowest BCUT2D eigenvalue weighted by Crippen LogP contribution is -2.43. The van der Waals surface area contributed by atoms with E-state index in [4.69, 9.17) is 18.8 Å². The van der Waals surface area contributed by atoms with Gasteiger partial charge >= 0.3 is 5.63 Å². The Balaban J connectivity index is 1.35. The molecule has 8 heteroatoms. The minimum Gasteiger partial charge on any atom is -0.544 e. The molecule has 1 aromatic heterocycles. The van der Waals surface area contributed by atoms with E-state index in [0.29, 0.717) is 34.9 Å². The van der Waals surface area contributed by atoms with Crippen LogP contribution >= 0.6 is 0 Å². The second-order valence-electron chi connectivity index (χ2n) is 12.3. The molecule has 0 radical (unpaired) electrons. The van der Waals surface area contributed by atoms with Crippen molar-refractivity contribution >= 4 is 48.5 Å². The highest BCUT2D eigenvalue weighted by Gasteiger charge is 2.39. The van der Waals surface area contributed by atoms with Crippen molar-refractivity contribution in [2.75, 3.05) is 0 Å². The fourth-order valence-corrected chi connectivity index (χ4v) is 5.76. The van der Waals surface area contributed by atoms with Crippen LogP contribution < -0.4 is 10.1 Å². The topological polar surface area (TPSA) is 84.5 Å². The van der Waals surface area contributed by atoms with E-state index in [2.05, 4.69) is 33.9 Å². The Labute approximate surface area is 251 Å². The number of fused-ring (bicyclic) bond motifs is 2. The van der Waals surface area contributed by atoms with E-state index < -0.39 is 13.9 Å². The highest BCUT2D eigenvalue weighted by molar-refractivity contribution is 6.74. The molecule has 0 bridgehead atoms. The quantitative estimate of drug-likeness (QED) is 0.133. The molecule has 6 rings (SSSR count). The lowest BCUT2D eigenvalue weighted by Gasteiger charge is -2.36. The van der Waals surface area contributed by atoms with Gasteiger partial charge in [0.25, 0.3) is 5.91 Å². The molecule has 0 saturated carbocycles. The molecule has 0 aliphatic carbocycles. The molecular weight excluding hydrogens is 554 g/mol. The van der Waals surface area contributed by atoms with Gasteiger partial charge in [-0.3, -0.25) is 9.69 Å². The smallest absolute Gasteiger partial charge is 0.336 e. The van der Waals surface area contributed by atoms with E-state index in [1.165, 1.54) is 6.07 Å². The SMILES string of the molecule is CC(C)(C)[Si](C)(C)Oc1ccc(C2=CN3C(=O)/C(=C\c4ccc5oc(=O)ccc5c4)N=C3C(Cc3ccccc3)=N2)cc1. The molecule has 0 atom stereocenters. The highest BCUT2D eigenvalue weighted by atomic mass is 28.4. The summed E-state index contributed by atoms with van der Waals surface area (Å²) in [4.78, 5) is 36.6. The number of amides is 1. The van der Waals surface area contributed by atoms with Crippen molar-refractivity contribution < 1.29 is 13.6 Å². The first-order valence-corrected chi connectivity index (χ1v) is 17.2. The Bertz CT molecular complexity index is 1910. The number of carbonyl (C=O) groups excluding carboxylic acids is 1. The van der Waals surface area contributed by atoms with Gasteiger partial charge in [0, 0.05) is 29.6 Å². The number of aliphatic imine (C=N–C) groups is 2. The summed E-state index contributed by atoms with van der Waals surface area (Å²) in [6, 6.07) is 26.5. The van der Waals surface area contributed by atoms with Gasteiger partial charge in [-0.15, -0.1) is 0 Å². The van der Waals surface area contributed by atoms with Crippen molar-refractivity contribution in [1.29, 1.82) is 0 Å². The second-order valence-corrected chi connectivity index (χ2v) is 17.0. The summed E-state index contributed by atoms with van der Waals surface area (Å²) in [6.07, 6.45) is 4.03. The largest absolute Gasteiger partial charge is 0.544 e. The van der Waals surface area contributed by atoms with Crippen LogP contribution in [0.3, 0.4) is 0 Å². The summed E-state index contributed by atoms with van der Waals surface area (Å²) < 4.78 is 11.7. The maximum atomic E-state index is 13.7. The molecule has 2 aliphatic heterocycles. The molecule has 0 spiro atoms. The summed E-state index contributed by atoms with van der Waals surface area (Å²) >= 11 is 0. The van der Waals surface area contributed by atoms with E-state index in [-0.39, 0.29) is 10.9 Å². The Hall–Kier alpha value is -4.82. The van der Waals surface area contributed by atoms with Crippen LogP contribution in [0.1, 0.15) is 37.5 Å². The van der Waals surface area contributed by atoms with Gasteiger partial charge in [0.05, 0.1) is 11.4 Å². The summed E-state index contributed by atoms with van der Waals surface area (Å²) in [5.41, 5.74) is 4.51. The van der Waals surface area contributed by atoms with E-state index in [1.807, 2.05) is 60.7 Å². The lowest BCUT2D eigenvalue weighted by atomic mass is 10.0. The predicted octanol–water partition coefficient (Wildman–Crippen LogP) is 7.45. The average Bonchev–Trinajstić information content (AvgIpc) is 3.28. The molecule has 0 unspecified atom stereocenters. The van der Waals surface area contributed by atoms with Gasteiger partial charge in [-0.05, 0) is 77.8 Å². The summed E-state index contributed by atoms with van der Waals surface area (Å²) in [5, 5.41) is 0.854. The third-order valence-electron chi connectivity index (χ3n) is 8.15. The van der Waals surface area contributed by atoms with Gasteiger partial charge in [-0.25, -0.2) is 14.8 Å². The number of hydrogen-bond acceptors (Lipinski definition) is 6. The van der Waals surface area contributed by atoms with Crippen LogP contribution in [-0.4, -0.2) is 30.7 Å². The fourth-order valence-electron chi connectivity index (χ4n) is 4.73. The van der Waals surface area contributed by atoms with Crippen molar-refractivity contribution in [3.05, 3.63) is 124 Å². The molecule has 7 nitrogen and oxygen atoms in total. The predicted molar refractivity (Wildman–Crippen MR) is 175 cm³/mol. The van der Waals surface area contributed by atoms with Crippen LogP contribution in [0, 0.1) is 0 Å². The monoisotopic (exact) mass is 587 g/mol. The van der Waals surface area contributed by atoms with Crippen molar-refractivity contribution in [2.24, 2.45) is 9.98 Å². The van der Waals surface area contributed by atoms with E-state index in [0.717, 1.165) is 27.8 Å². The van der Waals surface area contributed by atoms with Crippen LogP contribution in [0.4, 0.5) is 0 Å². The minimum absolute atomic E-state index is 0.0912. The zero-order chi connectivity index (χ0) is 30.4. The Morgan fingerprint density at radius 2 is 1.65 bits per heavy atom. The number of rotatable bonds is 6. The van der Waals surface area contributed by atoms with E-state index >= 15 is 0 Å². The molecule has 1 amide bonds. The maximum absolute atomic E-state index is 13.7. The molecule has 0 fully saturated rings. The Morgan fingerprint density at radius 1 is 0.907 bits per heavy atom. The first-order valence-electron chi connectivity index (χ1n) is 14.3. The first-order chi connectivity index (χ1) is 20.5. The Morgan fingerprint density at radius 3 is 2.37 bits per heavy atom. The molecule has 0 saturated heterocycles. The fraction of sp³-hybridized carbons (Fsp3) is 0.200. The summed E-state index contributed by atoms with van der Waals surface area (Å²) in [7, 11) is -1.98. The van der Waals surface area contributed by atoms with Crippen molar-refractivity contribution in [3.8, 4) is 5.75 Å². The number of hydrogen-bond donors (Lipinski definition) is 0. The zero-order valence-electron chi connectivity index (χ0n) is 24.9. The molecule has 4 aromatic rings. The van der Waals surface area contributed by atoms with E-state index in [1.54, 1.807) is 35.4 Å². The van der Waals surface area contributed by atoms with Crippen LogP contribution in [0.5, 0.6) is 5.75 Å². The van der Waals surface area contributed by atoms with Gasteiger partial charge in [-0.2, -0.15) is 0 Å². The van der Waals surface area contributed by atoms with Gasteiger partial charge in [0.1, 0.15) is 17.0 Å². The minimum atomic E-state index is -1.98. The molecule has 3 aromatic carbocycles. The van der Waals surface area contributed by atoms with E-state index in [9.17, 15) is 9.59 Å². The number of benzene rings is 3. The normalized spacial score (nSPS) is 16.2. The molecule has 3 heterocycles. The summed E-state index contributed by atoms with van der Waals surface area (Å²) in [5.74, 6) is 1.12. The molecular formula is C35H33N3O4Si. The van der Waals surface area contributed by atoms with Gasteiger partial charge < -0.3 is 8.84 Å². The third kappa shape index (κ3) is 5.78. The average molecular weight is 588 g/mol. The number of carbonyl (C=O) groups is 1. The maximum Gasteiger partial charge on any atom is 0.336 e. The van der Waals surface area contributed by atoms with Crippen LogP contribution in [-0.2, 0) is 11.2 Å². The van der Waals surface area contributed by atoms with Crippen molar-refractivity contribution in [3.63, 3.8) is 0 Å². The lowest BCUT2D eigenvalue weighted by molar-refractivity contribution is -0.120. The summed E-state index contributed by atoms with van der Waals surface area (Å²) in [6.45, 7) is 11.1. The van der Waals surface area contributed by atoms with Crippen molar-refractivity contribution in [2.45, 2.75) is 45.3 Å². The van der Waals surface area contributed by atoms with Crippen LogP contribution in [0.15, 0.2) is 116 Å². The third-order valence-corrected chi connectivity index (χ3v) is 12.5. The molecule has 43 heavy (non-hydrogen) atoms. The number of amidine groups is 1. The Kier molecular flexibility index (Phi) is 7.10. The van der Waals surface area contributed by atoms with Gasteiger partial charge in [0.15, 0.2) is 5.84 Å².